The number of esters is 2. The average molecular weight is 200 g/mol. The Balaban J connectivity index is 4.72. The molecule has 4 nitrogen and oxygen atoms in total. The third-order valence-electron chi connectivity index (χ3n) is 1.62. The summed E-state index contributed by atoms with van der Waals surface area (Å²) < 4.78 is 9.54. The number of carbonyl (C=O) groups excluding carboxylic acids is 2. The molecular weight excluding hydrogens is 184 g/mol. The minimum atomic E-state index is -0.581. The number of hydrogen-bond donors (Lipinski definition) is 0. The molecule has 0 rings (SSSR count). The minimum absolute atomic E-state index is 0.0156. The predicted molar refractivity (Wildman–Crippen MR) is 51.4 cm³/mol. The fourth-order valence-electron chi connectivity index (χ4n) is 0.804. The van der Waals surface area contributed by atoms with Crippen molar-refractivity contribution in [3.05, 3.63) is 11.3 Å². The second-order valence-corrected chi connectivity index (χ2v) is 2.78. The molecule has 14 heavy (non-hydrogen) atoms. The van der Waals surface area contributed by atoms with Crippen LogP contribution in [0.1, 0.15) is 34.1 Å². The molecule has 0 atom stereocenters. The predicted octanol–water partition coefficient (Wildman–Crippen LogP) is 1.80. The average Bonchev–Trinajstić information content (AvgIpc) is 2.13. The van der Waals surface area contributed by atoms with Gasteiger partial charge in [-0.1, -0.05) is 6.92 Å². The molecule has 0 aromatic rings. The summed E-state index contributed by atoms with van der Waals surface area (Å²) in [6.07, 6.45) is 0.640. The number of rotatable bonds is 4. The van der Waals surface area contributed by atoms with Gasteiger partial charge in [-0.3, -0.25) is 4.79 Å². The largest absolute Gasteiger partial charge is 0.460 e. The third-order valence-corrected chi connectivity index (χ3v) is 1.62. The van der Waals surface area contributed by atoms with Crippen LogP contribution in [0.2, 0.25) is 0 Å². The molecule has 0 fully saturated rings. The Bertz CT molecular complexity index is 253. The molecule has 0 radical (unpaired) electrons. The number of allylic oxidation sites excluding steroid dienone is 1. The van der Waals surface area contributed by atoms with Gasteiger partial charge in [0.05, 0.1) is 6.61 Å². The fourth-order valence-corrected chi connectivity index (χ4v) is 0.804. The van der Waals surface area contributed by atoms with Gasteiger partial charge in [-0.05, 0) is 25.8 Å². The van der Waals surface area contributed by atoms with Crippen LogP contribution < -0.4 is 0 Å². The lowest BCUT2D eigenvalue weighted by Crippen LogP contribution is -2.14. The van der Waals surface area contributed by atoms with Crippen LogP contribution in [0.15, 0.2) is 11.3 Å². The maximum atomic E-state index is 11.3. The Labute approximate surface area is 83.9 Å². The summed E-state index contributed by atoms with van der Waals surface area (Å²) in [4.78, 5) is 22.0. The van der Waals surface area contributed by atoms with Gasteiger partial charge in [0.15, 0.2) is 0 Å². The van der Waals surface area contributed by atoms with E-state index < -0.39 is 11.9 Å². The van der Waals surface area contributed by atoms with E-state index in [9.17, 15) is 9.59 Å². The van der Waals surface area contributed by atoms with Gasteiger partial charge in [0.25, 0.3) is 0 Å². The van der Waals surface area contributed by atoms with Crippen molar-refractivity contribution in [2.45, 2.75) is 34.1 Å². The van der Waals surface area contributed by atoms with Crippen LogP contribution in [-0.4, -0.2) is 18.5 Å². The van der Waals surface area contributed by atoms with Gasteiger partial charge in [-0.25, -0.2) is 4.79 Å². The molecule has 0 aromatic carbocycles. The molecule has 0 aromatic heterocycles. The lowest BCUT2D eigenvalue weighted by atomic mass is 10.2. The van der Waals surface area contributed by atoms with E-state index in [-0.39, 0.29) is 12.4 Å². The van der Waals surface area contributed by atoms with Crippen LogP contribution in [0.25, 0.3) is 0 Å². The standard InChI is InChI=1S/C10H16O4/c1-5-7(3)9(14-8(4)11)10(12)13-6-2/h5-6H2,1-4H3/b9-7-. The molecule has 0 heterocycles. The second kappa shape index (κ2) is 6.18. The van der Waals surface area contributed by atoms with E-state index in [1.54, 1.807) is 13.8 Å². The highest BCUT2D eigenvalue weighted by molar-refractivity contribution is 5.89. The van der Waals surface area contributed by atoms with Crippen molar-refractivity contribution in [2.75, 3.05) is 6.61 Å². The van der Waals surface area contributed by atoms with Gasteiger partial charge < -0.3 is 9.47 Å². The summed E-state index contributed by atoms with van der Waals surface area (Å²) in [6, 6.07) is 0. The lowest BCUT2D eigenvalue weighted by Gasteiger charge is -2.08. The number of ether oxygens (including phenoxy) is 2. The van der Waals surface area contributed by atoms with Crippen LogP contribution in [0, 0.1) is 0 Å². The summed E-state index contributed by atoms with van der Waals surface area (Å²) in [7, 11) is 0. The Morgan fingerprint density at radius 2 is 1.71 bits per heavy atom. The van der Waals surface area contributed by atoms with E-state index in [1.807, 2.05) is 6.92 Å². The quantitative estimate of drug-likeness (QED) is 0.394. The van der Waals surface area contributed by atoms with Crippen LogP contribution in [-0.2, 0) is 19.1 Å². The molecule has 0 amide bonds. The third kappa shape index (κ3) is 4.07. The van der Waals surface area contributed by atoms with E-state index >= 15 is 0 Å². The smallest absolute Gasteiger partial charge is 0.374 e. The molecule has 0 saturated carbocycles. The first kappa shape index (κ1) is 12.7. The van der Waals surface area contributed by atoms with Crippen molar-refractivity contribution < 1.29 is 19.1 Å². The van der Waals surface area contributed by atoms with Gasteiger partial charge in [-0.15, -0.1) is 0 Å². The topological polar surface area (TPSA) is 52.6 Å². The van der Waals surface area contributed by atoms with Crippen molar-refractivity contribution in [3.8, 4) is 0 Å². The SMILES string of the molecule is CCOC(=O)/C(OC(C)=O)=C(\C)CC. The zero-order chi connectivity index (χ0) is 11.1. The van der Waals surface area contributed by atoms with Crippen LogP contribution in [0.4, 0.5) is 0 Å². The zero-order valence-corrected chi connectivity index (χ0v) is 9.05. The van der Waals surface area contributed by atoms with Crippen molar-refractivity contribution in [3.63, 3.8) is 0 Å². The maximum absolute atomic E-state index is 11.3. The molecule has 0 aliphatic carbocycles. The van der Waals surface area contributed by atoms with E-state index in [2.05, 4.69) is 0 Å². The van der Waals surface area contributed by atoms with Gasteiger partial charge >= 0.3 is 11.9 Å². The molecular formula is C10H16O4. The number of hydrogen-bond acceptors (Lipinski definition) is 4. The number of carbonyl (C=O) groups is 2. The molecule has 0 saturated heterocycles. The second-order valence-electron chi connectivity index (χ2n) is 2.78. The summed E-state index contributed by atoms with van der Waals surface area (Å²) in [5.41, 5.74) is 0.707. The Hall–Kier alpha value is -1.32. The Kier molecular flexibility index (Phi) is 5.60. The summed E-state index contributed by atoms with van der Waals surface area (Å²) in [6.45, 7) is 6.82. The summed E-state index contributed by atoms with van der Waals surface area (Å²) in [5.74, 6) is -1.08. The zero-order valence-electron chi connectivity index (χ0n) is 9.05. The summed E-state index contributed by atoms with van der Waals surface area (Å²) in [5, 5.41) is 0. The van der Waals surface area contributed by atoms with Gasteiger partial charge in [0, 0.05) is 6.92 Å². The molecule has 0 N–H and O–H groups in total. The van der Waals surface area contributed by atoms with Crippen molar-refractivity contribution in [1.82, 2.24) is 0 Å². The highest BCUT2D eigenvalue weighted by Gasteiger charge is 2.17. The molecule has 0 unspecified atom stereocenters. The molecule has 0 aliphatic rings. The first-order valence-electron chi connectivity index (χ1n) is 4.58. The monoisotopic (exact) mass is 200 g/mol. The lowest BCUT2D eigenvalue weighted by molar-refractivity contribution is -0.150. The van der Waals surface area contributed by atoms with Crippen molar-refractivity contribution in [2.24, 2.45) is 0 Å². The maximum Gasteiger partial charge on any atom is 0.374 e. The highest BCUT2D eigenvalue weighted by atomic mass is 16.6. The van der Waals surface area contributed by atoms with Crippen LogP contribution >= 0.6 is 0 Å². The van der Waals surface area contributed by atoms with E-state index in [4.69, 9.17) is 9.47 Å². The molecule has 0 bridgehead atoms. The van der Waals surface area contributed by atoms with E-state index in [0.717, 1.165) is 0 Å². The molecule has 0 aliphatic heterocycles. The highest BCUT2D eigenvalue weighted by Crippen LogP contribution is 2.11. The van der Waals surface area contributed by atoms with E-state index in [0.29, 0.717) is 12.0 Å². The normalized spacial score (nSPS) is 11.7. The van der Waals surface area contributed by atoms with Gasteiger partial charge in [0.2, 0.25) is 5.76 Å². The van der Waals surface area contributed by atoms with Crippen molar-refractivity contribution >= 4 is 11.9 Å². The molecule has 80 valence electrons. The van der Waals surface area contributed by atoms with Gasteiger partial charge in [-0.2, -0.15) is 0 Å². The van der Waals surface area contributed by atoms with Crippen LogP contribution in [0.5, 0.6) is 0 Å². The molecule has 0 spiro atoms. The first-order valence-corrected chi connectivity index (χ1v) is 4.58. The van der Waals surface area contributed by atoms with E-state index in [1.165, 1.54) is 6.92 Å². The Morgan fingerprint density at radius 1 is 1.14 bits per heavy atom. The van der Waals surface area contributed by atoms with Crippen molar-refractivity contribution in [1.29, 1.82) is 0 Å². The molecule has 4 heteroatoms. The fraction of sp³-hybridized carbons (Fsp3) is 0.600. The van der Waals surface area contributed by atoms with Gasteiger partial charge in [0.1, 0.15) is 0 Å². The van der Waals surface area contributed by atoms with Crippen LogP contribution in [0.3, 0.4) is 0 Å². The summed E-state index contributed by atoms with van der Waals surface area (Å²) >= 11 is 0. The Morgan fingerprint density at radius 3 is 2.07 bits per heavy atom. The first-order chi connectivity index (χ1) is 6.52. The minimum Gasteiger partial charge on any atom is -0.460 e.